The maximum absolute atomic E-state index is 12.1. The fourth-order valence-corrected chi connectivity index (χ4v) is 1.92. The molecule has 94 valence electrons. The maximum atomic E-state index is 12.1. The molecule has 1 amide bonds. The number of halogens is 1. The van der Waals surface area contributed by atoms with Gasteiger partial charge in [0.25, 0.3) is 5.91 Å². The zero-order valence-corrected chi connectivity index (χ0v) is 11.7. The molecule has 1 aromatic rings. The van der Waals surface area contributed by atoms with Crippen LogP contribution < -0.4 is 0 Å². The number of carbonyl (C=O) groups excluding carboxylic acids is 1. The Hall–Kier alpha value is -1.02. The van der Waals surface area contributed by atoms with Crippen LogP contribution in [0, 0.1) is 5.41 Å². The number of rotatable bonds is 3. The minimum absolute atomic E-state index is 0.0565. The summed E-state index contributed by atoms with van der Waals surface area (Å²) < 4.78 is 0. The van der Waals surface area contributed by atoms with Gasteiger partial charge in [-0.1, -0.05) is 32.9 Å². The number of benzene rings is 1. The first kappa shape index (κ1) is 14.0. The van der Waals surface area contributed by atoms with Crippen LogP contribution in [0.1, 0.15) is 36.7 Å². The second-order valence-corrected chi connectivity index (χ2v) is 5.82. The van der Waals surface area contributed by atoms with Crippen LogP contribution in [-0.4, -0.2) is 24.4 Å². The largest absolute Gasteiger partial charge is 0.341 e. The molecule has 0 atom stereocenters. The van der Waals surface area contributed by atoms with Gasteiger partial charge in [0, 0.05) is 25.0 Å². The van der Waals surface area contributed by atoms with E-state index in [1.807, 2.05) is 31.3 Å². The molecule has 0 heterocycles. The van der Waals surface area contributed by atoms with E-state index < -0.39 is 0 Å². The Morgan fingerprint density at radius 3 is 2.18 bits per heavy atom. The molecule has 0 aliphatic rings. The monoisotopic (exact) mass is 253 g/mol. The molecule has 3 heteroatoms. The first-order valence-corrected chi connectivity index (χ1v) is 6.27. The second kappa shape index (κ2) is 5.54. The molecule has 0 N–H and O–H groups in total. The maximum Gasteiger partial charge on any atom is 0.253 e. The van der Waals surface area contributed by atoms with Crippen molar-refractivity contribution in [2.75, 3.05) is 13.6 Å². The van der Waals surface area contributed by atoms with Crippen LogP contribution in [0.15, 0.2) is 24.3 Å². The first-order chi connectivity index (χ1) is 7.83. The van der Waals surface area contributed by atoms with E-state index in [9.17, 15) is 4.79 Å². The van der Waals surface area contributed by atoms with Gasteiger partial charge >= 0.3 is 0 Å². The number of hydrogen-bond acceptors (Lipinski definition) is 1. The lowest BCUT2D eigenvalue weighted by atomic mass is 9.96. The van der Waals surface area contributed by atoms with Crippen molar-refractivity contribution in [1.82, 2.24) is 4.90 Å². The summed E-state index contributed by atoms with van der Waals surface area (Å²) in [6.07, 6.45) is 0. The summed E-state index contributed by atoms with van der Waals surface area (Å²) in [4.78, 5) is 13.9. The van der Waals surface area contributed by atoms with Gasteiger partial charge in [-0.15, -0.1) is 11.6 Å². The van der Waals surface area contributed by atoms with Crippen LogP contribution in [0.3, 0.4) is 0 Å². The Kier molecular flexibility index (Phi) is 4.58. The SMILES string of the molecule is CN(CC(C)(C)C)C(=O)c1ccc(CCl)cc1. The van der Waals surface area contributed by atoms with Crippen LogP contribution in [0.4, 0.5) is 0 Å². The third-order valence-electron chi connectivity index (χ3n) is 2.41. The van der Waals surface area contributed by atoms with Gasteiger partial charge in [0.15, 0.2) is 0 Å². The lowest BCUT2D eigenvalue weighted by Crippen LogP contribution is -2.34. The quantitative estimate of drug-likeness (QED) is 0.755. The molecule has 0 radical (unpaired) electrons. The van der Waals surface area contributed by atoms with Crippen molar-refractivity contribution in [3.8, 4) is 0 Å². The van der Waals surface area contributed by atoms with Crippen molar-refractivity contribution in [2.24, 2.45) is 5.41 Å². The zero-order valence-electron chi connectivity index (χ0n) is 11.0. The Balaban J connectivity index is 2.75. The molecule has 0 bridgehead atoms. The molecule has 0 saturated carbocycles. The lowest BCUT2D eigenvalue weighted by Gasteiger charge is -2.26. The number of hydrogen-bond donors (Lipinski definition) is 0. The smallest absolute Gasteiger partial charge is 0.253 e. The van der Waals surface area contributed by atoms with E-state index in [-0.39, 0.29) is 11.3 Å². The lowest BCUT2D eigenvalue weighted by molar-refractivity contribution is 0.0745. The van der Waals surface area contributed by atoms with Crippen molar-refractivity contribution >= 4 is 17.5 Å². The van der Waals surface area contributed by atoms with Gasteiger partial charge in [-0.25, -0.2) is 0 Å². The highest BCUT2D eigenvalue weighted by atomic mass is 35.5. The summed E-state index contributed by atoms with van der Waals surface area (Å²) >= 11 is 5.71. The topological polar surface area (TPSA) is 20.3 Å². The molecule has 0 spiro atoms. The molecular formula is C14H20ClNO. The van der Waals surface area contributed by atoms with Crippen LogP contribution >= 0.6 is 11.6 Å². The van der Waals surface area contributed by atoms with Gasteiger partial charge in [0.05, 0.1) is 0 Å². The minimum atomic E-state index is 0.0565. The predicted octanol–water partition coefficient (Wildman–Crippen LogP) is 3.54. The van der Waals surface area contributed by atoms with Gasteiger partial charge in [-0.3, -0.25) is 4.79 Å². The molecule has 17 heavy (non-hydrogen) atoms. The van der Waals surface area contributed by atoms with Crippen LogP contribution in [0.5, 0.6) is 0 Å². The normalized spacial score (nSPS) is 11.4. The Morgan fingerprint density at radius 1 is 1.24 bits per heavy atom. The highest BCUT2D eigenvalue weighted by Gasteiger charge is 2.18. The number of amides is 1. The molecule has 0 aliphatic heterocycles. The molecule has 0 unspecified atom stereocenters. The fourth-order valence-electron chi connectivity index (χ4n) is 1.74. The molecule has 0 saturated heterocycles. The Labute approximate surface area is 109 Å². The van der Waals surface area contributed by atoms with Gasteiger partial charge in [0.1, 0.15) is 0 Å². The molecule has 0 fully saturated rings. The summed E-state index contributed by atoms with van der Waals surface area (Å²) in [7, 11) is 1.84. The van der Waals surface area contributed by atoms with E-state index in [1.54, 1.807) is 4.90 Å². The van der Waals surface area contributed by atoms with Crippen molar-refractivity contribution in [2.45, 2.75) is 26.7 Å². The minimum Gasteiger partial charge on any atom is -0.341 e. The summed E-state index contributed by atoms with van der Waals surface area (Å²) in [5.41, 5.74) is 1.85. The fraction of sp³-hybridized carbons (Fsp3) is 0.500. The van der Waals surface area contributed by atoms with Gasteiger partial charge in [-0.2, -0.15) is 0 Å². The van der Waals surface area contributed by atoms with Crippen LogP contribution in [-0.2, 0) is 5.88 Å². The van der Waals surface area contributed by atoms with E-state index in [1.165, 1.54) is 0 Å². The van der Waals surface area contributed by atoms with E-state index in [4.69, 9.17) is 11.6 Å². The standard InChI is InChI=1S/C14H20ClNO/c1-14(2,3)10-16(4)13(17)12-7-5-11(9-15)6-8-12/h5-8H,9-10H2,1-4H3. The Morgan fingerprint density at radius 2 is 1.76 bits per heavy atom. The average Bonchev–Trinajstić information content (AvgIpc) is 2.26. The molecule has 2 nitrogen and oxygen atoms in total. The first-order valence-electron chi connectivity index (χ1n) is 5.74. The number of nitrogens with zero attached hydrogens (tertiary/aromatic N) is 1. The van der Waals surface area contributed by atoms with Crippen molar-refractivity contribution < 1.29 is 4.79 Å². The predicted molar refractivity (Wildman–Crippen MR) is 72.4 cm³/mol. The third-order valence-corrected chi connectivity index (χ3v) is 2.72. The number of alkyl halides is 1. The summed E-state index contributed by atoms with van der Waals surface area (Å²) in [6.45, 7) is 7.09. The van der Waals surface area contributed by atoms with Gasteiger partial charge < -0.3 is 4.90 Å². The van der Waals surface area contributed by atoms with Crippen LogP contribution in [0.25, 0.3) is 0 Å². The molecule has 1 aromatic carbocycles. The van der Waals surface area contributed by atoms with E-state index in [2.05, 4.69) is 20.8 Å². The Bertz CT molecular complexity index is 378. The van der Waals surface area contributed by atoms with Gasteiger partial charge in [-0.05, 0) is 23.1 Å². The zero-order chi connectivity index (χ0) is 13.1. The van der Waals surface area contributed by atoms with Gasteiger partial charge in [0.2, 0.25) is 0 Å². The molecular weight excluding hydrogens is 234 g/mol. The van der Waals surface area contributed by atoms with Crippen LogP contribution in [0.2, 0.25) is 0 Å². The molecule has 0 aromatic heterocycles. The highest BCUT2D eigenvalue weighted by Crippen LogP contribution is 2.16. The summed E-state index contributed by atoms with van der Waals surface area (Å²) in [6, 6.07) is 7.45. The van der Waals surface area contributed by atoms with E-state index in [0.717, 1.165) is 12.1 Å². The van der Waals surface area contributed by atoms with E-state index >= 15 is 0 Å². The van der Waals surface area contributed by atoms with Crippen molar-refractivity contribution in [3.63, 3.8) is 0 Å². The third kappa shape index (κ3) is 4.39. The number of carbonyl (C=O) groups is 1. The van der Waals surface area contributed by atoms with Crippen molar-refractivity contribution in [3.05, 3.63) is 35.4 Å². The second-order valence-electron chi connectivity index (χ2n) is 5.55. The highest BCUT2D eigenvalue weighted by molar-refractivity contribution is 6.17. The average molecular weight is 254 g/mol. The van der Waals surface area contributed by atoms with E-state index in [0.29, 0.717) is 11.4 Å². The summed E-state index contributed by atoms with van der Waals surface area (Å²) in [5, 5.41) is 0. The molecule has 0 aliphatic carbocycles. The molecule has 1 rings (SSSR count). The summed E-state index contributed by atoms with van der Waals surface area (Å²) in [5.74, 6) is 0.535. The van der Waals surface area contributed by atoms with Crippen molar-refractivity contribution in [1.29, 1.82) is 0 Å².